The molecular weight excluding hydrogens is 300 g/mol. The first-order valence-corrected chi connectivity index (χ1v) is 8.27. The van der Waals surface area contributed by atoms with Crippen molar-refractivity contribution in [1.82, 2.24) is 5.32 Å². The summed E-state index contributed by atoms with van der Waals surface area (Å²) in [5.41, 5.74) is 9.10. The Balaban J connectivity index is 1.84. The zero-order valence-corrected chi connectivity index (χ0v) is 14.6. The van der Waals surface area contributed by atoms with Gasteiger partial charge in [-0.25, -0.2) is 0 Å². The fraction of sp³-hybridized carbons (Fsp3) is 0.350. The third-order valence-electron chi connectivity index (χ3n) is 3.79. The molecule has 0 heterocycles. The second-order valence-electron chi connectivity index (χ2n) is 6.32. The first-order chi connectivity index (χ1) is 11.4. The van der Waals surface area contributed by atoms with Gasteiger partial charge in [0.15, 0.2) is 0 Å². The highest BCUT2D eigenvalue weighted by molar-refractivity contribution is 5.81. The van der Waals surface area contributed by atoms with Gasteiger partial charge in [0.2, 0.25) is 5.91 Å². The summed E-state index contributed by atoms with van der Waals surface area (Å²) in [4.78, 5) is 11.6. The molecule has 24 heavy (non-hydrogen) atoms. The first-order valence-electron chi connectivity index (χ1n) is 8.27. The van der Waals surface area contributed by atoms with E-state index in [1.165, 1.54) is 5.56 Å². The molecule has 0 radical (unpaired) electrons. The predicted octanol–water partition coefficient (Wildman–Crippen LogP) is 2.97. The summed E-state index contributed by atoms with van der Waals surface area (Å²) < 4.78 is 5.80. The molecule has 2 aromatic rings. The van der Waals surface area contributed by atoms with Crippen LogP contribution in [0.1, 0.15) is 30.5 Å². The summed E-state index contributed by atoms with van der Waals surface area (Å²) in [6.45, 7) is 6.28. The maximum atomic E-state index is 11.6. The van der Waals surface area contributed by atoms with E-state index in [1.54, 1.807) is 6.92 Å². The van der Waals surface area contributed by atoms with Gasteiger partial charge in [-0.1, -0.05) is 42.0 Å². The monoisotopic (exact) mass is 326 g/mol. The SMILES string of the molecule is Cc1ccc(COc2ccc(CC(C)NC(=O)[C@@H](C)N)cc2)cc1. The topological polar surface area (TPSA) is 64.3 Å². The van der Waals surface area contributed by atoms with Crippen LogP contribution in [0.15, 0.2) is 48.5 Å². The molecule has 1 amide bonds. The van der Waals surface area contributed by atoms with Crippen LogP contribution >= 0.6 is 0 Å². The van der Waals surface area contributed by atoms with Crippen molar-refractivity contribution < 1.29 is 9.53 Å². The van der Waals surface area contributed by atoms with Crippen molar-refractivity contribution in [2.24, 2.45) is 5.73 Å². The van der Waals surface area contributed by atoms with Gasteiger partial charge in [-0.15, -0.1) is 0 Å². The largest absolute Gasteiger partial charge is 0.489 e. The van der Waals surface area contributed by atoms with E-state index in [1.807, 2.05) is 31.2 Å². The summed E-state index contributed by atoms with van der Waals surface area (Å²) in [5.74, 6) is 0.715. The average Bonchev–Trinajstić information content (AvgIpc) is 2.55. The zero-order chi connectivity index (χ0) is 17.5. The van der Waals surface area contributed by atoms with E-state index in [0.717, 1.165) is 23.3 Å². The molecule has 0 spiro atoms. The predicted molar refractivity (Wildman–Crippen MR) is 96.9 cm³/mol. The fourth-order valence-corrected chi connectivity index (χ4v) is 2.35. The second kappa shape index (κ2) is 8.50. The van der Waals surface area contributed by atoms with Gasteiger partial charge < -0.3 is 15.8 Å². The number of nitrogens with two attached hydrogens (primary N) is 1. The van der Waals surface area contributed by atoms with Gasteiger partial charge in [-0.3, -0.25) is 4.79 Å². The van der Waals surface area contributed by atoms with Crippen molar-refractivity contribution in [2.45, 2.75) is 45.9 Å². The summed E-state index contributed by atoms with van der Waals surface area (Å²) in [5, 5.41) is 2.90. The van der Waals surface area contributed by atoms with E-state index in [-0.39, 0.29) is 11.9 Å². The number of hydrogen-bond donors (Lipinski definition) is 2. The Labute approximate surface area is 144 Å². The molecule has 0 fully saturated rings. The highest BCUT2D eigenvalue weighted by Crippen LogP contribution is 2.15. The Hall–Kier alpha value is -2.33. The number of aryl methyl sites for hydroxylation is 1. The summed E-state index contributed by atoms with van der Waals surface area (Å²) >= 11 is 0. The van der Waals surface area contributed by atoms with Gasteiger partial charge in [0.05, 0.1) is 6.04 Å². The lowest BCUT2D eigenvalue weighted by molar-refractivity contribution is -0.122. The molecule has 128 valence electrons. The Morgan fingerprint density at radius 1 is 1.04 bits per heavy atom. The van der Waals surface area contributed by atoms with E-state index in [0.29, 0.717) is 6.61 Å². The van der Waals surface area contributed by atoms with Gasteiger partial charge >= 0.3 is 0 Å². The van der Waals surface area contributed by atoms with Crippen LogP contribution in [0.4, 0.5) is 0 Å². The molecule has 2 rings (SSSR count). The van der Waals surface area contributed by atoms with Crippen LogP contribution in [0.2, 0.25) is 0 Å². The number of ether oxygens (including phenoxy) is 1. The van der Waals surface area contributed by atoms with Gasteiger partial charge in [0, 0.05) is 6.04 Å². The molecule has 0 aliphatic heterocycles. The quantitative estimate of drug-likeness (QED) is 0.822. The van der Waals surface area contributed by atoms with Crippen LogP contribution in [0.25, 0.3) is 0 Å². The summed E-state index contributed by atoms with van der Waals surface area (Å²) in [6, 6.07) is 15.9. The average molecular weight is 326 g/mol. The van der Waals surface area contributed by atoms with E-state index >= 15 is 0 Å². The molecule has 4 heteroatoms. The number of amides is 1. The van der Waals surface area contributed by atoms with Crippen molar-refractivity contribution in [3.05, 3.63) is 65.2 Å². The number of carbonyl (C=O) groups excluding carboxylic acids is 1. The molecule has 0 saturated carbocycles. The molecule has 1 unspecified atom stereocenters. The molecule has 0 bridgehead atoms. The van der Waals surface area contributed by atoms with Crippen LogP contribution in [-0.4, -0.2) is 18.0 Å². The van der Waals surface area contributed by atoms with Gasteiger partial charge in [0.25, 0.3) is 0 Å². The number of benzene rings is 2. The standard InChI is InChI=1S/C20H26N2O2/c1-14-4-6-18(7-5-14)13-24-19-10-8-17(9-11-19)12-15(2)22-20(23)16(3)21/h4-11,15-16H,12-13,21H2,1-3H3,(H,22,23)/t15?,16-/m1/s1. The Morgan fingerprint density at radius 3 is 2.21 bits per heavy atom. The maximum absolute atomic E-state index is 11.6. The third kappa shape index (κ3) is 5.70. The Morgan fingerprint density at radius 2 is 1.62 bits per heavy atom. The molecule has 2 atom stereocenters. The lowest BCUT2D eigenvalue weighted by Crippen LogP contribution is -2.43. The Bertz CT molecular complexity index is 648. The van der Waals surface area contributed by atoms with E-state index < -0.39 is 6.04 Å². The van der Waals surface area contributed by atoms with E-state index in [2.05, 4.69) is 36.5 Å². The zero-order valence-electron chi connectivity index (χ0n) is 14.6. The van der Waals surface area contributed by atoms with Crippen molar-refractivity contribution in [2.75, 3.05) is 0 Å². The summed E-state index contributed by atoms with van der Waals surface area (Å²) in [7, 11) is 0. The molecule has 3 N–H and O–H groups in total. The van der Waals surface area contributed by atoms with Crippen molar-refractivity contribution >= 4 is 5.91 Å². The maximum Gasteiger partial charge on any atom is 0.236 e. The molecule has 0 aromatic heterocycles. The molecule has 0 aliphatic carbocycles. The van der Waals surface area contributed by atoms with E-state index in [4.69, 9.17) is 10.5 Å². The van der Waals surface area contributed by atoms with Crippen molar-refractivity contribution in [3.8, 4) is 5.75 Å². The highest BCUT2D eigenvalue weighted by Gasteiger charge is 2.11. The lowest BCUT2D eigenvalue weighted by atomic mass is 10.1. The smallest absolute Gasteiger partial charge is 0.236 e. The second-order valence-corrected chi connectivity index (χ2v) is 6.32. The van der Waals surface area contributed by atoms with Gasteiger partial charge in [0.1, 0.15) is 12.4 Å². The molecule has 0 saturated heterocycles. The van der Waals surface area contributed by atoms with Crippen LogP contribution in [0, 0.1) is 6.92 Å². The summed E-state index contributed by atoms with van der Waals surface area (Å²) in [6.07, 6.45) is 0.761. The fourth-order valence-electron chi connectivity index (χ4n) is 2.35. The Kier molecular flexibility index (Phi) is 6.38. The lowest BCUT2D eigenvalue weighted by Gasteiger charge is -2.16. The first kappa shape index (κ1) is 18.0. The van der Waals surface area contributed by atoms with Gasteiger partial charge in [-0.2, -0.15) is 0 Å². The third-order valence-corrected chi connectivity index (χ3v) is 3.79. The minimum absolute atomic E-state index is 0.0443. The molecule has 2 aromatic carbocycles. The normalized spacial score (nSPS) is 13.2. The number of nitrogens with one attached hydrogen (secondary N) is 1. The van der Waals surface area contributed by atoms with Crippen molar-refractivity contribution in [3.63, 3.8) is 0 Å². The minimum atomic E-state index is -0.481. The van der Waals surface area contributed by atoms with Crippen molar-refractivity contribution in [1.29, 1.82) is 0 Å². The van der Waals surface area contributed by atoms with Crippen LogP contribution in [0.5, 0.6) is 5.75 Å². The van der Waals surface area contributed by atoms with Crippen LogP contribution < -0.4 is 15.8 Å². The van der Waals surface area contributed by atoms with Crippen LogP contribution in [0.3, 0.4) is 0 Å². The molecule has 0 aliphatic rings. The number of rotatable bonds is 7. The molecule has 4 nitrogen and oxygen atoms in total. The van der Waals surface area contributed by atoms with Crippen LogP contribution in [-0.2, 0) is 17.8 Å². The molecular formula is C20H26N2O2. The van der Waals surface area contributed by atoms with E-state index in [9.17, 15) is 4.79 Å². The number of carbonyl (C=O) groups is 1. The minimum Gasteiger partial charge on any atom is -0.489 e. The highest BCUT2D eigenvalue weighted by atomic mass is 16.5. The van der Waals surface area contributed by atoms with Gasteiger partial charge in [-0.05, 0) is 50.5 Å². The number of hydrogen-bond acceptors (Lipinski definition) is 3.